The van der Waals surface area contributed by atoms with E-state index >= 15 is 0 Å². The first kappa shape index (κ1) is 16.9. The minimum atomic E-state index is -0.150. The number of thiazole rings is 1. The van der Waals surface area contributed by atoms with Crippen LogP contribution in [0.4, 0.5) is 11.4 Å². The van der Waals surface area contributed by atoms with Crippen LogP contribution < -0.4 is 10.2 Å². The standard InChI is InChI=1S/C19H17N3O2S2/c1-11-17(26-19(20-11)14-6-8-25-10-14)18(24)21-15-3-4-16-13(9-15)5-7-22(16)12(2)23/h3-4,6,8-10H,5,7H2,1-2H3,(H,21,24). The van der Waals surface area contributed by atoms with E-state index in [1.165, 1.54) is 11.3 Å². The lowest BCUT2D eigenvalue weighted by Crippen LogP contribution is -2.25. The lowest BCUT2D eigenvalue weighted by molar-refractivity contribution is -0.116. The Morgan fingerprint density at radius 3 is 2.85 bits per heavy atom. The van der Waals surface area contributed by atoms with E-state index < -0.39 is 0 Å². The Morgan fingerprint density at radius 1 is 1.27 bits per heavy atom. The summed E-state index contributed by atoms with van der Waals surface area (Å²) < 4.78 is 0. The molecule has 5 nitrogen and oxygen atoms in total. The first-order valence-corrected chi connectivity index (χ1v) is 10.0. The summed E-state index contributed by atoms with van der Waals surface area (Å²) in [5.41, 5.74) is 4.54. The zero-order valence-electron chi connectivity index (χ0n) is 14.4. The first-order valence-electron chi connectivity index (χ1n) is 8.25. The number of aryl methyl sites for hydroxylation is 1. The van der Waals surface area contributed by atoms with Crippen molar-refractivity contribution in [1.29, 1.82) is 0 Å². The van der Waals surface area contributed by atoms with Gasteiger partial charge in [0, 0.05) is 35.8 Å². The van der Waals surface area contributed by atoms with Crippen molar-refractivity contribution in [3.8, 4) is 10.6 Å². The van der Waals surface area contributed by atoms with E-state index in [2.05, 4.69) is 10.3 Å². The van der Waals surface area contributed by atoms with Gasteiger partial charge in [0.2, 0.25) is 5.91 Å². The van der Waals surface area contributed by atoms with Gasteiger partial charge < -0.3 is 10.2 Å². The number of aromatic nitrogens is 1. The fraction of sp³-hybridized carbons (Fsp3) is 0.211. The van der Waals surface area contributed by atoms with Gasteiger partial charge in [-0.2, -0.15) is 11.3 Å². The Kier molecular flexibility index (Phi) is 4.34. The van der Waals surface area contributed by atoms with Gasteiger partial charge in [0.1, 0.15) is 9.88 Å². The Morgan fingerprint density at radius 2 is 2.12 bits per heavy atom. The molecule has 0 spiro atoms. The average Bonchev–Trinajstić information content (AvgIpc) is 3.33. The van der Waals surface area contributed by atoms with Gasteiger partial charge in [-0.05, 0) is 48.6 Å². The number of fused-ring (bicyclic) bond motifs is 1. The number of anilines is 2. The van der Waals surface area contributed by atoms with Crippen molar-refractivity contribution in [3.05, 3.63) is 51.2 Å². The fourth-order valence-electron chi connectivity index (χ4n) is 3.11. The van der Waals surface area contributed by atoms with Gasteiger partial charge >= 0.3 is 0 Å². The summed E-state index contributed by atoms with van der Waals surface area (Å²) in [6.07, 6.45) is 0.806. The smallest absolute Gasteiger partial charge is 0.267 e. The van der Waals surface area contributed by atoms with Gasteiger partial charge in [0.15, 0.2) is 0 Å². The molecule has 0 bridgehead atoms. The third-order valence-electron chi connectivity index (χ3n) is 4.38. The monoisotopic (exact) mass is 383 g/mol. The minimum Gasteiger partial charge on any atom is -0.321 e. The topological polar surface area (TPSA) is 62.3 Å². The molecule has 0 saturated heterocycles. The molecule has 132 valence electrons. The molecule has 0 saturated carbocycles. The highest BCUT2D eigenvalue weighted by Crippen LogP contribution is 2.32. The molecule has 0 fully saturated rings. The molecule has 26 heavy (non-hydrogen) atoms. The third-order valence-corrected chi connectivity index (χ3v) is 6.27. The number of amides is 2. The summed E-state index contributed by atoms with van der Waals surface area (Å²) in [6.45, 7) is 4.12. The highest BCUT2D eigenvalue weighted by atomic mass is 32.1. The fourth-order valence-corrected chi connectivity index (χ4v) is 4.78. The van der Waals surface area contributed by atoms with Crippen LogP contribution in [0.5, 0.6) is 0 Å². The van der Waals surface area contributed by atoms with Crippen molar-refractivity contribution in [2.24, 2.45) is 0 Å². The molecule has 0 unspecified atom stereocenters. The summed E-state index contributed by atoms with van der Waals surface area (Å²) >= 11 is 3.02. The van der Waals surface area contributed by atoms with Crippen LogP contribution in [0.2, 0.25) is 0 Å². The number of carbonyl (C=O) groups is 2. The summed E-state index contributed by atoms with van der Waals surface area (Å²) in [7, 11) is 0. The maximum atomic E-state index is 12.7. The van der Waals surface area contributed by atoms with Crippen molar-refractivity contribution in [2.45, 2.75) is 20.3 Å². The SMILES string of the molecule is CC(=O)N1CCc2cc(NC(=O)c3sc(-c4ccsc4)nc3C)ccc21. The van der Waals surface area contributed by atoms with E-state index in [4.69, 9.17) is 0 Å². The zero-order valence-corrected chi connectivity index (χ0v) is 16.0. The van der Waals surface area contributed by atoms with E-state index in [1.807, 2.05) is 41.9 Å². The highest BCUT2D eigenvalue weighted by molar-refractivity contribution is 7.17. The second-order valence-electron chi connectivity index (χ2n) is 6.16. The van der Waals surface area contributed by atoms with E-state index in [0.29, 0.717) is 11.4 Å². The summed E-state index contributed by atoms with van der Waals surface area (Å²) in [4.78, 5) is 31.2. The van der Waals surface area contributed by atoms with Gasteiger partial charge in [0.05, 0.1) is 5.69 Å². The van der Waals surface area contributed by atoms with Crippen LogP contribution in [0.1, 0.15) is 27.9 Å². The van der Waals surface area contributed by atoms with Crippen molar-refractivity contribution in [1.82, 2.24) is 4.98 Å². The van der Waals surface area contributed by atoms with Crippen LogP contribution in [0, 0.1) is 6.92 Å². The van der Waals surface area contributed by atoms with Gasteiger partial charge in [-0.3, -0.25) is 9.59 Å². The lowest BCUT2D eigenvalue weighted by atomic mass is 10.1. The summed E-state index contributed by atoms with van der Waals surface area (Å²) in [5, 5.41) is 7.85. The Labute approximate surface area is 159 Å². The molecule has 1 aliphatic rings. The number of hydrogen-bond acceptors (Lipinski definition) is 5. The van der Waals surface area contributed by atoms with Crippen LogP contribution in [0.25, 0.3) is 10.6 Å². The zero-order chi connectivity index (χ0) is 18.3. The molecule has 3 heterocycles. The van der Waals surface area contributed by atoms with E-state index in [9.17, 15) is 9.59 Å². The van der Waals surface area contributed by atoms with Crippen molar-refractivity contribution in [2.75, 3.05) is 16.8 Å². The molecular weight excluding hydrogens is 366 g/mol. The molecule has 3 aromatic rings. The molecule has 2 aromatic heterocycles. The van der Waals surface area contributed by atoms with Crippen LogP contribution in [0.3, 0.4) is 0 Å². The van der Waals surface area contributed by atoms with E-state index in [0.717, 1.165) is 39.6 Å². The van der Waals surface area contributed by atoms with Crippen molar-refractivity contribution >= 4 is 45.9 Å². The molecule has 7 heteroatoms. The summed E-state index contributed by atoms with van der Waals surface area (Å²) in [5.74, 6) is -0.107. The number of hydrogen-bond donors (Lipinski definition) is 1. The molecule has 2 amide bonds. The number of rotatable bonds is 3. The van der Waals surface area contributed by atoms with Crippen LogP contribution in [0.15, 0.2) is 35.0 Å². The molecule has 1 N–H and O–H groups in total. The van der Waals surface area contributed by atoms with Gasteiger partial charge in [-0.25, -0.2) is 4.98 Å². The Balaban J connectivity index is 1.55. The van der Waals surface area contributed by atoms with Gasteiger partial charge in [-0.1, -0.05) is 0 Å². The number of benzene rings is 1. The predicted molar refractivity (Wildman–Crippen MR) is 106 cm³/mol. The molecule has 1 aromatic carbocycles. The van der Waals surface area contributed by atoms with E-state index in [-0.39, 0.29) is 11.8 Å². The second-order valence-corrected chi connectivity index (χ2v) is 7.94. The van der Waals surface area contributed by atoms with Crippen molar-refractivity contribution < 1.29 is 9.59 Å². The minimum absolute atomic E-state index is 0.0433. The van der Waals surface area contributed by atoms with Crippen LogP contribution in [-0.4, -0.2) is 23.3 Å². The molecular formula is C19H17N3O2S2. The molecule has 0 atom stereocenters. The second kappa shape index (κ2) is 6.66. The van der Waals surface area contributed by atoms with Gasteiger partial charge in [-0.15, -0.1) is 11.3 Å². The Hall–Kier alpha value is -2.51. The average molecular weight is 383 g/mol. The maximum Gasteiger partial charge on any atom is 0.267 e. The maximum absolute atomic E-state index is 12.7. The lowest BCUT2D eigenvalue weighted by Gasteiger charge is -2.15. The van der Waals surface area contributed by atoms with Gasteiger partial charge in [0.25, 0.3) is 5.91 Å². The number of thiophene rings is 1. The first-order chi connectivity index (χ1) is 12.5. The number of carbonyl (C=O) groups excluding carboxylic acids is 2. The largest absolute Gasteiger partial charge is 0.321 e. The van der Waals surface area contributed by atoms with E-state index in [1.54, 1.807) is 23.2 Å². The Bertz CT molecular complexity index is 992. The quantitative estimate of drug-likeness (QED) is 0.732. The third kappa shape index (κ3) is 3.04. The molecule has 0 radical (unpaired) electrons. The molecule has 1 aliphatic heterocycles. The molecule has 4 rings (SSSR count). The number of nitrogens with one attached hydrogen (secondary N) is 1. The van der Waals surface area contributed by atoms with Crippen LogP contribution in [-0.2, 0) is 11.2 Å². The van der Waals surface area contributed by atoms with Crippen molar-refractivity contribution in [3.63, 3.8) is 0 Å². The highest BCUT2D eigenvalue weighted by Gasteiger charge is 2.23. The van der Waals surface area contributed by atoms with Crippen LogP contribution >= 0.6 is 22.7 Å². The number of nitrogens with zero attached hydrogens (tertiary/aromatic N) is 2. The summed E-state index contributed by atoms with van der Waals surface area (Å²) in [6, 6.07) is 7.70. The molecule has 0 aliphatic carbocycles. The normalized spacial score (nSPS) is 12.9. The predicted octanol–water partition coefficient (Wildman–Crippen LogP) is 4.34.